The Balaban J connectivity index is 2.48. The van der Waals surface area contributed by atoms with Gasteiger partial charge in [-0.1, -0.05) is 13.8 Å². The molecular formula is C7H14O2. The van der Waals surface area contributed by atoms with Crippen molar-refractivity contribution >= 4 is 0 Å². The van der Waals surface area contributed by atoms with E-state index in [2.05, 4.69) is 0 Å². The van der Waals surface area contributed by atoms with E-state index in [1.807, 2.05) is 13.8 Å². The molecule has 1 fully saturated rings. The van der Waals surface area contributed by atoms with Gasteiger partial charge in [0.25, 0.3) is 0 Å². The fourth-order valence-corrected chi connectivity index (χ4v) is 1.26. The maximum atomic E-state index is 9.20. The number of rotatable bonds is 1. The van der Waals surface area contributed by atoms with Gasteiger partial charge in [0.1, 0.15) is 0 Å². The average molecular weight is 130 g/mol. The van der Waals surface area contributed by atoms with Crippen molar-refractivity contribution in [3.05, 3.63) is 0 Å². The Hall–Kier alpha value is -0.0800. The molecule has 2 atom stereocenters. The van der Waals surface area contributed by atoms with Crippen LogP contribution in [0.15, 0.2) is 0 Å². The van der Waals surface area contributed by atoms with Gasteiger partial charge in [-0.3, -0.25) is 0 Å². The molecule has 0 spiro atoms. The molecule has 0 aliphatic heterocycles. The standard InChI is InChI=1S/C7H14O2/c1-7(2)5(8)4-6(7)9-3/h5-6,8H,4H2,1-3H3/t5?,6-/m1/s1. The molecule has 1 rings (SSSR count). The normalized spacial score (nSPS) is 40.0. The van der Waals surface area contributed by atoms with Gasteiger partial charge in [-0.15, -0.1) is 0 Å². The van der Waals surface area contributed by atoms with Crippen LogP contribution in [0.3, 0.4) is 0 Å². The molecule has 2 heteroatoms. The highest BCUT2D eigenvalue weighted by atomic mass is 16.5. The van der Waals surface area contributed by atoms with E-state index < -0.39 is 0 Å². The summed E-state index contributed by atoms with van der Waals surface area (Å²) in [6, 6.07) is 0. The summed E-state index contributed by atoms with van der Waals surface area (Å²) in [5, 5.41) is 9.20. The van der Waals surface area contributed by atoms with Crippen LogP contribution >= 0.6 is 0 Å². The van der Waals surface area contributed by atoms with Crippen LogP contribution in [0.4, 0.5) is 0 Å². The van der Waals surface area contributed by atoms with E-state index in [-0.39, 0.29) is 17.6 Å². The van der Waals surface area contributed by atoms with Crippen molar-refractivity contribution in [2.45, 2.75) is 32.5 Å². The smallest absolute Gasteiger partial charge is 0.0671 e. The molecule has 1 saturated carbocycles. The molecule has 0 amide bonds. The van der Waals surface area contributed by atoms with Crippen molar-refractivity contribution in [1.82, 2.24) is 0 Å². The summed E-state index contributed by atoms with van der Waals surface area (Å²) in [5.41, 5.74) is -0.0191. The lowest BCUT2D eigenvalue weighted by Gasteiger charge is -2.48. The number of methoxy groups -OCH3 is 1. The maximum Gasteiger partial charge on any atom is 0.0671 e. The predicted molar refractivity (Wildman–Crippen MR) is 35.2 cm³/mol. The van der Waals surface area contributed by atoms with Gasteiger partial charge in [-0.25, -0.2) is 0 Å². The molecule has 1 aliphatic rings. The topological polar surface area (TPSA) is 29.5 Å². The first-order valence-electron chi connectivity index (χ1n) is 3.30. The average Bonchev–Trinajstić information content (AvgIpc) is 1.82. The number of hydrogen-bond acceptors (Lipinski definition) is 2. The highest BCUT2D eigenvalue weighted by molar-refractivity contribution is 4.97. The zero-order chi connectivity index (χ0) is 7.07. The number of ether oxygens (including phenoxy) is 1. The first-order chi connectivity index (χ1) is 4.09. The summed E-state index contributed by atoms with van der Waals surface area (Å²) in [6.07, 6.45) is 0.888. The fraction of sp³-hybridized carbons (Fsp3) is 1.00. The molecule has 0 radical (unpaired) electrons. The number of hydrogen-bond donors (Lipinski definition) is 1. The van der Waals surface area contributed by atoms with Crippen LogP contribution in [0, 0.1) is 5.41 Å². The molecule has 0 bridgehead atoms. The summed E-state index contributed by atoms with van der Waals surface area (Å²) >= 11 is 0. The minimum atomic E-state index is -0.164. The molecule has 0 aromatic heterocycles. The van der Waals surface area contributed by atoms with Gasteiger partial charge in [-0.05, 0) is 0 Å². The molecule has 54 valence electrons. The van der Waals surface area contributed by atoms with Gasteiger partial charge in [0.2, 0.25) is 0 Å². The summed E-state index contributed by atoms with van der Waals surface area (Å²) in [7, 11) is 1.69. The Morgan fingerprint density at radius 2 is 2.11 bits per heavy atom. The molecule has 0 aromatic rings. The van der Waals surface area contributed by atoms with E-state index in [0.29, 0.717) is 0 Å². The predicted octanol–water partition coefficient (Wildman–Crippen LogP) is 0.792. The molecule has 1 aliphatic carbocycles. The van der Waals surface area contributed by atoms with Crippen molar-refractivity contribution in [2.24, 2.45) is 5.41 Å². The van der Waals surface area contributed by atoms with Crippen LogP contribution in [-0.2, 0) is 4.74 Å². The van der Waals surface area contributed by atoms with Crippen LogP contribution in [0.25, 0.3) is 0 Å². The van der Waals surface area contributed by atoms with E-state index in [1.165, 1.54) is 0 Å². The summed E-state index contributed by atoms with van der Waals surface area (Å²) in [6.45, 7) is 4.05. The summed E-state index contributed by atoms with van der Waals surface area (Å²) in [4.78, 5) is 0. The van der Waals surface area contributed by atoms with Crippen LogP contribution in [-0.4, -0.2) is 24.4 Å². The van der Waals surface area contributed by atoms with E-state index in [4.69, 9.17) is 4.74 Å². The number of aliphatic hydroxyl groups is 1. The van der Waals surface area contributed by atoms with Gasteiger partial charge in [0.15, 0.2) is 0 Å². The van der Waals surface area contributed by atoms with Gasteiger partial charge >= 0.3 is 0 Å². The zero-order valence-electron chi connectivity index (χ0n) is 6.22. The molecule has 0 aromatic carbocycles. The Kier molecular flexibility index (Phi) is 1.53. The molecule has 0 heterocycles. The van der Waals surface area contributed by atoms with Gasteiger partial charge in [0, 0.05) is 18.9 Å². The van der Waals surface area contributed by atoms with E-state index in [1.54, 1.807) is 7.11 Å². The lowest BCUT2D eigenvalue weighted by atomic mass is 9.66. The van der Waals surface area contributed by atoms with Crippen molar-refractivity contribution in [1.29, 1.82) is 0 Å². The van der Waals surface area contributed by atoms with Crippen LogP contribution < -0.4 is 0 Å². The fourth-order valence-electron chi connectivity index (χ4n) is 1.26. The van der Waals surface area contributed by atoms with Crippen LogP contribution in [0.5, 0.6) is 0 Å². The third-order valence-corrected chi connectivity index (χ3v) is 2.41. The largest absolute Gasteiger partial charge is 0.392 e. The lowest BCUT2D eigenvalue weighted by molar-refractivity contribution is -0.162. The first-order valence-corrected chi connectivity index (χ1v) is 3.30. The monoisotopic (exact) mass is 130 g/mol. The van der Waals surface area contributed by atoms with Crippen LogP contribution in [0.1, 0.15) is 20.3 Å². The molecule has 2 nitrogen and oxygen atoms in total. The quantitative estimate of drug-likeness (QED) is 0.568. The van der Waals surface area contributed by atoms with E-state index in [9.17, 15) is 5.11 Å². The Morgan fingerprint density at radius 1 is 1.56 bits per heavy atom. The third kappa shape index (κ3) is 0.864. The van der Waals surface area contributed by atoms with Gasteiger partial charge < -0.3 is 9.84 Å². The lowest BCUT2D eigenvalue weighted by Crippen LogP contribution is -2.53. The number of aliphatic hydroxyl groups excluding tert-OH is 1. The van der Waals surface area contributed by atoms with E-state index >= 15 is 0 Å². The summed E-state index contributed by atoms with van der Waals surface area (Å²) < 4.78 is 5.11. The highest BCUT2D eigenvalue weighted by Crippen LogP contribution is 2.41. The second-order valence-electron chi connectivity index (χ2n) is 3.30. The van der Waals surface area contributed by atoms with Crippen molar-refractivity contribution < 1.29 is 9.84 Å². The second kappa shape index (κ2) is 1.96. The van der Waals surface area contributed by atoms with Gasteiger partial charge in [-0.2, -0.15) is 0 Å². The van der Waals surface area contributed by atoms with E-state index in [0.717, 1.165) is 6.42 Å². The maximum absolute atomic E-state index is 9.20. The van der Waals surface area contributed by atoms with Crippen LogP contribution in [0.2, 0.25) is 0 Å². The first kappa shape index (κ1) is 7.03. The molecule has 1 unspecified atom stereocenters. The third-order valence-electron chi connectivity index (χ3n) is 2.41. The highest BCUT2D eigenvalue weighted by Gasteiger charge is 2.47. The molecular weight excluding hydrogens is 116 g/mol. The molecule has 9 heavy (non-hydrogen) atoms. The Morgan fingerprint density at radius 3 is 2.22 bits per heavy atom. The zero-order valence-corrected chi connectivity index (χ0v) is 6.22. The Labute approximate surface area is 55.8 Å². The van der Waals surface area contributed by atoms with Crippen molar-refractivity contribution in [3.8, 4) is 0 Å². The Bertz CT molecular complexity index is 109. The van der Waals surface area contributed by atoms with Crippen molar-refractivity contribution in [2.75, 3.05) is 7.11 Å². The molecule has 0 saturated heterocycles. The SMILES string of the molecule is CO[C@@H]1CC(O)C1(C)C. The van der Waals surface area contributed by atoms with Gasteiger partial charge in [0.05, 0.1) is 12.2 Å². The minimum absolute atomic E-state index is 0.0191. The second-order valence-corrected chi connectivity index (χ2v) is 3.30. The summed E-state index contributed by atoms with van der Waals surface area (Å²) in [5.74, 6) is 0. The minimum Gasteiger partial charge on any atom is -0.392 e. The van der Waals surface area contributed by atoms with Crippen molar-refractivity contribution in [3.63, 3.8) is 0 Å². The molecule has 1 N–H and O–H groups in total.